The number of amides is 2. The molecule has 0 heterocycles. The van der Waals surface area contributed by atoms with Gasteiger partial charge in [0.15, 0.2) is 0 Å². The third-order valence-electron chi connectivity index (χ3n) is 5.23. The van der Waals surface area contributed by atoms with Gasteiger partial charge < -0.3 is 10.2 Å². The fourth-order valence-electron chi connectivity index (χ4n) is 3.54. The molecule has 2 amide bonds. The van der Waals surface area contributed by atoms with E-state index in [4.69, 9.17) is 0 Å². The Hall–Kier alpha value is -1.84. The lowest BCUT2D eigenvalue weighted by molar-refractivity contribution is -0.137. The molecule has 0 unspecified atom stereocenters. The number of hydrogen-bond acceptors (Lipinski definition) is 2. The third-order valence-corrected chi connectivity index (χ3v) is 5.23. The summed E-state index contributed by atoms with van der Waals surface area (Å²) in [5, 5.41) is 3.06. The van der Waals surface area contributed by atoms with E-state index >= 15 is 0 Å². The normalized spacial score (nSPS) is 20.1. The Morgan fingerprint density at radius 2 is 1.72 bits per heavy atom. The molecule has 0 bridgehead atoms. The first-order chi connectivity index (χ1) is 12.1. The molecule has 1 aliphatic carbocycles. The topological polar surface area (TPSA) is 49.4 Å². The van der Waals surface area contributed by atoms with Gasteiger partial charge in [-0.15, -0.1) is 0 Å². The summed E-state index contributed by atoms with van der Waals surface area (Å²) in [6.45, 7) is 3.66. The Bertz CT molecular complexity index is 536. The second kappa shape index (κ2) is 10.2. The van der Waals surface area contributed by atoms with E-state index in [0.717, 1.165) is 51.5 Å². The first kappa shape index (κ1) is 19.5. The average Bonchev–Trinajstić information content (AvgIpc) is 2.66. The van der Waals surface area contributed by atoms with Crippen LogP contribution in [0, 0.1) is 11.8 Å². The van der Waals surface area contributed by atoms with Gasteiger partial charge in [0.05, 0.1) is 0 Å². The van der Waals surface area contributed by atoms with Crippen LogP contribution in [0.4, 0.5) is 0 Å². The maximum Gasteiger partial charge on any atom is 0.225 e. The lowest BCUT2D eigenvalue weighted by Crippen LogP contribution is -2.39. The van der Waals surface area contributed by atoms with Crippen LogP contribution in [0.15, 0.2) is 30.3 Å². The van der Waals surface area contributed by atoms with E-state index in [1.807, 2.05) is 30.1 Å². The van der Waals surface area contributed by atoms with Gasteiger partial charge in [-0.05, 0) is 44.1 Å². The van der Waals surface area contributed by atoms with Gasteiger partial charge in [-0.1, -0.05) is 43.7 Å². The van der Waals surface area contributed by atoms with Gasteiger partial charge in [0.25, 0.3) is 0 Å². The molecule has 0 aliphatic heterocycles. The van der Waals surface area contributed by atoms with Crippen molar-refractivity contribution in [2.24, 2.45) is 11.8 Å². The molecule has 1 aliphatic rings. The zero-order chi connectivity index (χ0) is 18.1. The van der Waals surface area contributed by atoms with Crippen molar-refractivity contribution in [3.8, 4) is 0 Å². The summed E-state index contributed by atoms with van der Waals surface area (Å²) in [4.78, 5) is 26.6. The Labute approximate surface area is 152 Å². The van der Waals surface area contributed by atoms with Crippen molar-refractivity contribution >= 4 is 11.8 Å². The van der Waals surface area contributed by atoms with Crippen molar-refractivity contribution in [2.75, 3.05) is 20.1 Å². The second-order valence-electron chi connectivity index (χ2n) is 7.19. The summed E-state index contributed by atoms with van der Waals surface area (Å²) in [5.74, 6) is 0.591. The molecule has 1 saturated carbocycles. The molecule has 1 aromatic rings. The molecule has 1 aromatic carbocycles. The molecule has 4 nitrogen and oxygen atoms in total. The molecule has 4 heteroatoms. The number of unbranched alkanes of at least 4 members (excludes halogenated alkanes) is 1. The maximum absolute atomic E-state index is 12.4. The van der Waals surface area contributed by atoms with E-state index in [0.29, 0.717) is 6.54 Å². The van der Waals surface area contributed by atoms with Gasteiger partial charge in [-0.25, -0.2) is 0 Å². The fraction of sp³-hybridized carbons (Fsp3) is 0.619. The number of carbonyl (C=O) groups is 2. The van der Waals surface area contributed by atoms with Crippen LogP contribution in [0.3, 0.4) is 0 Å². The number of nitrogens with one attached hydrogen (secondary N) is 1. The van der Waals surface area contributed by atoms with E-state index in [1.165, 1.54) is 5.56 Å². The largest absolute Gasteiger partial charge is 0.356 e. The van der Waals surface area contributed by atoms with Crippen LogP contribution in [0.25, 0.3) is 0 Å². The minimum absolute atomic E-state index is 0.0702. The van der Waals surface area contributed by atoms with Crippen molar-refractivity contribution < 1.29 is 9.59 Å². The molecular weight excluding hydrogens is 312 g/mol. The molecule has 25 heavy (non-hydrogen) atoms. The number of nitrogens with zero attached hydrogens (tertiary/aromatic N) is 1. The number of carbonyl (C=O) groups excluding carboxylic acids is 2. The molecule has 138 valence electrons. The summed E-state index contributed by atoms with van der Waals surface area (Å²) in [6, 6.07) is 10.2. The molecule has 1 fully saturated rings. The monoisotopic (exact) mass is 344 g/mol. The molecule has 0 aromatic heterocycles. The Balaban J connectivity index is 1.68. The fourth-order valence-corrected chi connectivity index (χ4v) is 3.54. The first-order valence-corrected chi connectivity index (χ1v) is 9.68. The standard InChI is InChI=1S/C21H32N2O2/c1-3-4-16-23(2)21(25)19-12-10-18(11-13-19)20(24)22-15-14-17-8-6-5-7-9-17/h5-9,18-19H,3-4,10-16H2,1-2H3,(H,22,24). The molecular formula is C21H32N2O2. The van der Waals surface area contributed by atoms with Crippen molar-refractivity contribution in [1.29, 1.82) is 0 Å². The molecule has 0 radical (unpaired) electrons. The highest BCUT2D eigenvalue weighted by Crippen LogP contribution is 2.30. The minimum Gasteiger partial charge on any atom is -0.356 e. The van der Waals surface area contributed by atoms with Gasteiger partial charge in [0.1, 0.15) is 0 Å². The molecule has 0 saturated heterocycles. The predicted octanol–water partition coefficient (Wildman–Crippen LogP) is 3.41. The maximum atomic E-state index is 12.4. The number of rotatable bonds is 8. The summed E-state index contributed by atoms with van der Waals surface area (Å²) >= 11 is 0. The first-order valence-electron chi connectivity index (χ1n) is 9.68. The lowest BCUT2D eigenvalue weighted by Gasteiger charge is -2.30. The van der Waals surface area contributed by atoms with Crippen LogP contribution in [0.5, 0.6) is 0 Å². The summed E-state index contributed by atoms with van der Waals surface area (Å²) in [7, 11) is 1.90. The second-order valence-corrected chi connectivity index (χ2v) is 7.19. The molecule has 0 spiro atoms. The number of benzene rings is 1. The highest BCUT2D eigenvalue weighted by Gasteiger charge is 2.30. The van der Waals surface area contributed by atoms with E-state index in [9.17, 15) is 9.59 Å². The summed E-state index contributed by atoms with van der Waals surface area (Å²) in [6.07, 6.45) is 6.36. The SMILES string of the molecule is CCCCN(C)C(=O)C1CCC(C(=O)NCCc2ccccc2)CC1. The van der Waals surface area contributed by atoms with E-state index in [2.05, 4.69) is 24.4 Å². The van der Waals surface area contributed by atoms with Crippen molar-refractivity contribution in [1.82, 2.24) is 10.2 Å². The molecule has 2 rings (SSSR count). The quantitative estimate of drug-likeness (QED) is 0.786. The Morgan fingerprint density at radius 3 is 2.36 bits per heavy atom. The number of hydrogen-bond donors (Lipinski definition) is 1. The smallest absolute Gasteiger partial charge is 0.225 e. The van der Waals surface area contributed by atoms with E-state index < -0.39 is 0 Å². The third kappa shape index (κ3) is 6.18. The van der Waals surface area contributed by atoms with Gasteiger partial charge in [0.2, 0.25) is 11.8 Å². The van der Waals surface area contributed by atoms with Gasteiger partial charge in [0, 0.05) is 32.0 Å². The zero-order valence-corrected chi connectivity index (χ0v) is 15.7. The molecule has 0 atom stereocenters. The van der Waals surface area contributed by atoms with Crippen LogP contribution in [0.2, 0.25) is 0 Å². The Morgan fingerprint density at radius 1 is 1.08 bits per heavy atom. The highest BCUT2D eigenvalue weighted by atomic mass is 16.2. The average molecular weight is 344 g/mol. The van der Waals surface area contributed by atoms with Crippen LogP contribution in [0.1, 0.15) is 51.0 Å². The highest BCUT2D eigenvalue weighted by molar-refractivity contribution is 5.81. The lowest BCUT2D eigenvalue weighted by atomic mass is 9.81. The minimum atomic E-state index is 0.0702. The summed E-state index contributed by atoms with van der Waals surface area (Å²) in [5.41, 5.74) is 1.24. The summed E-state index contributed by atoms with van der Waals surface area (Å²) < 4.78 is 0. The van der Waals surface area contributed by atoms with Gasteiger partial charge >= 0.3 is 0 Å². The van der Waals surface area contributed by atoms with Crippen molar-refractivity contribution in [3.63, 3.8) is 0 Å². The van der Waals surface area contributed by atoms with E-state index in [-0.39, 0.29) is 23.7 Å². The van der Waals surface area contributed by atoms with Crippen LogP contribution >= 0.6 is 0 Å². The van der Waals surface area contributed by atoms with Crippen LogP contribution in [-0.4, -0.2) is 36.9 Å². The van der Waals surface area contributed by atoms with Crippen LogP contribution < -0.4 is 5.32 Å². The van der Waals surface area contributed by atoms with Crippen molar-refractivity contribution in [3.05, 3.63) is 35.9 Å². The molecule has 1 N–H and O–H groups in total. The van der Waals surface area contributed by atoms with Gasteiger partial charge in [-0.3, -0.25) is 9.59 Å². The van der Waals surface area contributed by atoms with Crippen molar-refractivity contribution in [2.45, 2.75) is 51.9 Å². The predicted molar refractivity (Wildman–Crippen MR) is 101 cm³/mol. The van der Waals surface area contributed by atoms with E-state index in [1.54, 1.807) is 0 Å². The van der Waals surface area contributed by atoms with Crippen LogP contribution in [-0.2, 0) is 16.0 Å². The Kier molecular flexibility index (Phi) is 7.96. The zero-order valence-electron chi connectivity index (χ0n) is 15.7. The van der Waals surface area contributed by atoms with Gasteiger partial charge in [-0.2, -0.15) is 0 Å².